The minimum atomic E-state index is -0.571. The first-order chi connectivity index (χ1) is 7.11. The van der Waals surface area contributed by atoms with Gasteiger partial charge in [0.25, 0.3) is 0 Å². The van der Waals surface area contributed by atoms with Gasteiger partial charge in [0.1, 0.15) is 16.7 Å². The second-order valence-electron chi connectivity index (χ2n) is 3.04. The van der Waals surface area contributed by atoms with E-state index in [1.54, 1.807) is 12.3 Å². The molecule has 15 heavy (non-hydrogen) atoms. The second-order valence-corrected chi connectivity index (χ2v) is 3.42. The highest BCUT2D eigenvalue weighted by atomic mass is 35.5. The van der Waals surface area contributed by atoms with E-state index in [0.717, 1.165) is 11.8 Å². The predicted octanol–water partition coefficient (Wildman–Crippen LogP) is 2.50. The summed E-state index contributed by atoms with van der Waals surface area (Å²) >= 11 is 5.86. The fourth-order valence-electron chi connectivity index (χ4n) is 1.30. The van der Waals surface area contributed by atoms with E-state index < -0.39 is 4.92 Å². The minimum Gasteiger partial charge on any atom is -0.258 e. The van der Waals surface area contributed by atoms with E-state index in [-0.39, 0.29) is 10.7 Å². The smallest absolute Gasteiger partial charge is 0.258 e. The fourth-order valence-corrected chi connectivity index (χ4v) is 1.56. The fraction of sp³-hybridized carbons (Fsp3) is 0.111. The van der Waals surface area contributed by atoms with Crippen LogP contribution in [0.2, 0.25) is 5.02 Å². The van der Waals surface area contributed by atoms with Crippen LogP contribution in [-0.2, 0) is 0 Å². The van der Waals surface area contributed by atoms with Gasteiger partial charge in [-0.3, -0.25) is 15.1 Å². The molecule has 5 nitrogen and oxygen atoms in total. The highest BCUT2D eigenvalue weighted by Gasteiger charge is 2.17. The van der Waals surface area contributed by atoms with Gasteiger partial charge in [-0.15, -0.1) is 0 Å². The van der Waals surface area contributed by atoms with Crippen molar-refractivity contribution in [3.8, 4) is 0 Å². The molecule has 0 aliphatic carbocycles. The van der Waals surface area contributed by atoms with Gasteiger partial charge in [0.05, 0.1) is 10.4 Å². The van der Waals surface area contributed by atoms with E-state index >= 15 is 0 Å². The van der Waals surface area contributed by atoms with Crippen molar-refractivity contribution in [2.24, 2.45) is 0 Å². The van der Waals surface area contributed by atoms with Crippen LogP contribution in [0.1, 0.15) is 5.56 Å². The first-order valence-electron chi connectivity index (χ1n) is 4.15. The molecule has 0 N–H and O–H groups in total. The number of aryl methyl sites for hydroxylation is 1. The standard InChI is InChI=1S/C9H6ClN3O2/c1-5-2-3-11-9-7(10)6(13(14)15)4-12-8(5)9/h2-4H,1H3. The summed E-state index contributed by atoms with van der Waals surface area (Å²) in [4.78, 5) is 18.0. The molecule has 0 aliphatic rings. The average Bonchev–Trinajstić information content (AvgIpc) is 2.19. The molecule has 2 aromatic heterocycles. The molecule has 2 aromatic rings. The molecule has 0 aliphatic heterocycles. The van der Waals surface area contributed by atoms with Crippen molar-refractivity contribution >= 4 is 28.3 Å². The third kappa shape index (κ3) is 1.50. The van der Waals surface area contributed by atoms with Gasteiger partial charge in [-0.05, 0) is 18.6 Å². The molecule has 0 atom stereocenters. The molecule has 0 aromatic carbocycles. The summed E-state index contributed by atoms with van der Waals surface area (Å²) in [5.41, 5.74) is 1.62. The summed E-state index contributed by atoms with van der Waals surface area (Å²) in [6.45, 7) is 1.85. The lowest BCUT2D eigenvalue weighted by atomic mass is 10.2. The van der Waals surface area contributed by atoms with Gasteiger partial charge in [-0.1, -0.05) is 11.6 Å². The summed E-state index contributed by atoms with van der Waals surface area (Å²) < 4.78 is 0. The van der Waals surface area contributed by atoms with Gasteiger partial charge < -0.3 is 0 Å². The Labute approximate surface area is 89.9 Å². The summed E-state index contributed by atoms with van der Waals surface area (Å²) in [5, 5.41) is 10.6. The van der Waals surface area contributed by atoms with E-state index in [0.29, 0.717) is 11.0 Å². The molecule has 0 radical (unpaired) electrons. The number of pyridine rings is 2. The maximum Gasteiger partial charge on any atom is 0.308 e. The van der Waals surface area contributed by atoms with Crippen molar-refractivity contribution in [1.29, 1.82) is 0 Å². The highest BCUT2D eigenvalue weighted by molar-refractivity contribution is 6.37. The number of hydrogen-bond donors (Lipinski definition) is 0. The largest absolute Gasteiger partial charge is 0.308 e. The van der Waals surface area contributed by atoms with Crippen LogP contribution in [0.3, 0.4) is 0 Å². The van der Waals surface area contributed by atoms with Gasteiger partial charge in [0.15, 0.2) is 0 Å². The lowest BCUT2D eigenvalue weighted by Crippen LogP contribution is -1.94. The Morgan fingerprint density at radius 1 is 1.40 bits per heavy atom. The molecule has 0 fully saturated rings. The van der Waals surface area contributed by atoms with Crippen molar-refractivity contribution in [2.75, 3.05) is 0 Å². The molecule has 2 rings (SSSR count). The Balaban J connectivity index is 2.86. The van der Waals surface area contributed by atoms with Crippen LogP contribution in [0, 0.1) is 17.0 Å². The van der Waals surface area contributed by atoms with Crippen LogP contribution in [-0.4, -0.2) is 14.9 Å². The number of hydrogen-bond acceptors (Lipinski definition) is 4. The molecular weight excluding hydrogens is 218 g/mol. The second kappa shape index (κ2) is 3.43. The quantitative estimate of drug-likeness (QED) is 0.550. The van der Waals surface area contributed by atoms with Crippen LogP contribution >= 0.6 is 11.6 Å². The number of nitrogens with zero attached hydrogens (tertiary/aromatic N) is 3. The van der Waals surface area contributed by atoms with Gasteiger partial charge in [-0.25, -0.2) is 4.98 Å². The Hall–Kier alpha value is -1.75. The van der Waals surface area contributed by atoms with Crippen molar-refractivity contribution in [3.05, 3.63) is 39.2 Å². The first-order valence-corrected chi connectivity index (χ1v) is 4.53. The van der Waals surface area contributed by atoms with E-state index in [1.165, 1.54) is 0 Å². The zero-order chi connectivity index (χ0) is 11.0. The molecule has 0 unspecified atom stereocenters. The van der Waals surface area contributed by atoms with Gasteiger partial charge in [0.2, 0.25) is 0 Å². The Morgan fingerprint density at radius 3 is 2.80 bits per heavy atom. The maximum absolute atomic E-state index is 10.6. The Bertz CT molecular complexity index is 556. The summed E-state index contributed by atoms with van der Waals surface area (Å²) in [6.07, 6.45) is 2.70. The van der Waals surface area contributed by atoms with E-state index in [4.69, 9.17) is 11.6 Å². The third-order valence-corrected chi connectivity index (χ3v) is 2.44. The first kappa shape index (κ1) is 9.79. The summed E-state index contributed by atoms with van der Waals surface area (Å²) in [6, 6.07) is 1.78. The molecular formula is C9H6ClN3O2. The molecule has 0 spiro atoms. The topological polar surface area (TPSA) is 68.9 Å². The summed E-state index contributed by atoms with van der Waals surface area (Å²) in [5.74, 6) is 0. The monoisotopic (exact) mass is 223 g/mol. The van der Waals surface area contributed by atoms with Crippen LogP contribution in [0.5, 0.6) is 0 Å². The molecule has 76 valence electrons. The number of rotatable bonds is 1. The van der Waals surface area contributed by atoms with Crippen molar-refractivity contribution < 1.29 is 4.92 Å². The Kier molecular flexibility index (Phi) is 2.24. The predicted molar refractivity (Wildman–Crippen MR) is 55.9 cm³/mol. The van der Waals surface area contributed by atoms with E-state index in [2.05, 4.69) is 9.97 Å². The van der Waals surface area contributed by atoms with Crippen LogP contribution in [0.4, 0.5) is 5.69 Å². The van der Waals surface area contributed by atoms with Crippen LogP contribution < -0.4 is 0 Å². The zero-order valence-corrected chi connectivity index (χ0v) is 8.52. The van der Waals surface area contributed by atoms with Crippen LogP contribution in [0.15, 0.2) is 18.5 Å². The number of aromatic nitrogens is 2. The number of nitro groups is 1. The van der Waals surface area contributed by atoms with Crippen molar-refractivity contribution in [3.63, 3.8) is 0 Å². The van der Waals surface area contributed by atoms with E-state index in [1.807, 2.05) is 6.92 Å². The lowest BCUT2D eigenvalue weighted by Gasteiger charge is -2.01. The molecule has 0 bridgehead atoms. The van der Waals surface area contributed by atoms with E-state index in [9.17, 15) is 10.1 Å². The van der Waals surface area contributed by atoms with Gasteiger partial charge in [0, 0.05) is 6.20 Å². The maximum atomic E-state index is 10.6. The molecule has 0 saturated heterocycles. The van der Waals surface area contributed by atoms with Gasteiger partial charge in [-0.2, -0.15) is 0 Å². The summed E-state index contributed by atoms with van der Waals surface area (Å²) in [7, 11) is 0. The SMILES string of the molecule is Cc1ccnc2c(Cl)c([N+](=O)[O-])cnc12. The number of fused-ring (bicyclic) bond motifs is 1. The normalized spacial score (nSPS) is 10.5. The number of halogens is 1. The average molecular weight is 224 g/mol. The lowest BCUT2D eigenvalue weighted by molar-refractivity contribution is -0.384. The van der Waals surface area contributed by atoms with Crippen molar-refractivity contribution in [2.45, 2.75) is 6.92 Å². The molecule has 0 saturated carbocycles. The van der Waals surface area contributed by atoms with Crippen LogP contribution in [0.25, 0.3) is 11.0 Å². The van der Waals surface area contributed by atoms with Crippen molar-refractivity contribution in [1.82, 2.24) is 9.97 Å². The van der Waals surface area contributed by atoms with Gasteiger partial charge >= 0.3 is 5.69 Å². The minimum absolute atomic E-state index is 0.0358. The third-order valence-electron chi connectivity index (χ3n) is 2.07. The molecule has 0 amide bonds. The Morgan fingerprint density at radius 2 is 2.13 bits per heavy atom. The highest BCUT2D eigenvalue weighted by Crippen LogP contribution is 2.30. The molecule has 2 heterocycles. The zero-order valence-electron chi connectivity index (χ0n) is 7.77. The molecule has 6 heteroatoms.